The molecule has 6 heteroatoms. The lowest BCUT2D eigenvalue weighted by Crippen LogP contribution is -2.15. The van der Waals surface area contributed by atoms with E-state index in [1.165, 1.54) is 12.1 Å². The monoisotopic (exact) mass is 281 g/mol. The summed E-state index contributed by atoms with van der Waals surface area (Å²) in [5.41, 5.74) is 1.41. The van der Waals surface area contributed by atoms with E-state index in [9.17, 15) is 8.96 Å². The Morgan fingerprint density at radius 2 is 1.79 bits per heavy atom. The number of rotatable bonds is 3. The van der Waals surface area contributed by atoms with Crippen LogP contribution in [0.1, 0.15) is 12.5 Å². The largest absolute Gasteiger partial charge is 0.366 e. The van der Waals surface area contributed by atoms with Gasteiger partial charge in [-0.3, -0.25) is 9.55 Å². The second-order valence-corrected chi connectivity index (χ2v) is 6.22. The van der Waals surface area contributed by atoms with Gasteiger partial charge < -0.3 is 9.79 Å². The Morgan fingerprint density at radius 1 is 1.16 bits per heavy atom. The smallest absolute Gasteiger partial charge is 0.322 e. The first-order valence-electron chi connectivity index (χ1n) is 5.59. The highest BCUT2D eigenvalue weighted by molar-refractivity contribution is 7.52. The van der Waals surface area contributed by atoms with Gasteiger partial charge >= 0.3 is 7.60 Å². The third kappa shape index (κ3) is 2.73. The molecular formula is C13H13FNO3P. The molecule has 0 radical (unpaired) electrons. The number of alkyl halides is 1. The Balaban J connectivity index is 2.37. The number of pyridine rings is 1. The summed E-state index contributed by atoms with van der Waals surface area (Å²) in [6, 6.07) is 11.3. The number of hydrogen-bond donors (Lipinski definition) is 2. The molecule has 0 aliphatic heterocycles. The van der Waals surface area contributed by atoms with Crippen LogP contribution in [0.2, 0.25) is 0 Å². The van der Waals surface area contributed by atoms with Crippen molar-refractivity contribution < 1.29 is 18.7 Å². The quantitative estimate of drug-likeness (QED) is 0.848. The molecule has 0 bridgehead atoms. The summed E-state index contributed by atoms with van der Waals surface area (Å²) in [5.74, 6) is 0. The van der Waals surface area contributed by atoms with Crippen molar-refractivity contribution in [2.75, 3.05) is 0 Å². The van der Waals surface area contributed by atoms with E-state index in [0.717, 1.165) is 12.5 Å². The standard InChI is InChI=1S/C13H13FNO3P/c1-13(14,19(16,17)18)11-7-5-10(6-8-11)12-4-2-3-9-15-12/h2-9H,1H3,(H2,16,17,18). The Hall–Kier alpha value is -1.55. The van der Waals surface area contributed by atoms with Crippen LogP contribution in [0.25, 0.3) is 11.3 Å². The molecule has 0 saturated heterocycles. The van der Waals surface area contributed by atoms with Crippen LogP contribution in [-0.4, -0.2) is 14.8 Å². The maximum absolute atomic E-state index is 14.1. The Morgan fingerprint density at radius 3 is 2.26 bits per heavy atom. The lowest BCUT2D eigenvalue weighted by molar-refractivity contribution is 0.222. The van der Waals surface area contributed by atoms with Crippen LogP contribution in [0.5, 0.6) is 0 Å². The second kappa shape index (κ2) is 4.85. The average Bonchev–Trinajstić information content (AvgIpc) is 2.39. The van der Waals surface area contributed by atoms with E-state index >= 15 is 0 Å². The molecule has 4 nitrogen and oxygen atoms in total. The molecule has 2 aromatic rings. The van der Waals surface area contributed by atoms with E-state index in [-0.39, 0.29) is 5.56 Å². The minimum atomic E-state index is -4.86. The van der Waals surface area contributed by atoms with Gasteiger partial charge in [-0.1, -0.05) is 30.3 Å². The number of halogens is 1. The fourth-order valence-electron chi connectivity index (χ4n) is 1.65. The molecule has 1 atom stereocenters. The van der Waals surface area contributed by atoms with Crippen LogP contribution in [0.4, 0.5) is 4.39 Å². The highest BCUT2D eigenvalue weighted by Gasteiger charge is 2.44. The Labute approximate surface area is 110 Å². The van der Waals surface area contributed by atoms with Crippen molar-refractivity contribution in [3.63, 3.8) is 0 Å². The molecule has 100 valence electrons. The van der Waals surface area contributed by atoms with Crippen LogP contribution in [-0.2, 0) is 9.97 Å². The molecule has 2 rings (SSSR count). The topological polar surface area (TPSA) is 70.4 Å². The number of hydrogen-bond acceptors (Lipinski definition) is 2. The molecule has 0 aliphatic carbocycles. The van der Waals surface area contributed by atoms with E-state index in [1.807, 2.05) is 6.07 Å². The van der Waals surface area contributed by atoms with Crippen molar-refractivity contribution >= 4 is 7.60 Å². The number of nitrogens with zero attached hydrogens (tertiary/aromatic N) is 1. The molecule has 0 fully saturated rings. The van der Waals surface area contributed by atoms with Gasteiger partial charge in [-0.2, -0.15) is 0 Å². The SMILES string of the molecule is CC(F)(c1ccc(-c2ccccn2)cc1)P(=O)(O)O. The van der Waals surface area contributed by atoms with Crippen molar-refractivity contribution in [2.24, 2.45) is 0 Å². The lowest BCUT2D eigenvalue weighted by Gasteiger charge is -2.22. The summed E-state index contributed by atoms with van der Waals surface area (Å²) in [5, 5.41) is -2.68. The third-order valence-electron chi connectivity index (χ3n) is 2.92. The van der Waals surface area contributed by atoms with Crippen LogP contribution >= 0.6 is 7.60 Å². The zero-order chi connectivity index (χ0) is 14.1. The maximum Gasteiger partial charge on any atom is 0.366 e. The highest BCUT2D eigenvalue weighted by Crippen LogP contribution is 2.57. The van der Waals surface area contributed by atoms with Gasteiger partial charge in [0.25, 0.3) is 0 Å². The predicted molar refractivity (Wildman–Crippen MR) is 70.2 cm³/mol. The minimum Gasteiger partial charge on any atom is -0.322 e. The maximum atomic E-state index is 14.1. The summed E-state index contributed by atoms with van der Waals surface area (Å²) in [7, 11) is -4.86. The van der Waals surface area contributed by atoms with E-state index in [4.69, 9.17) is 9.79 Å². The van der Waals surface area contributed by atoms with Crippen molar-refractivity contribution in [3.05, 3.63) is 54.2 Å². The van der Waals surface area contributed by atoms with Gasteiger partial charge in [0.15, 0.2) is 0 Å². The summed E-state index contributed by atoms with van der Waals surface area (Å²) in [4.78, 5) is 22.2. The first kappa shape index (κ1) is 13.9. The predicted octanol–water partition coefficient (Wildman–Crippen LogP) is 3.07. The molecule has 1 unspecified atom stereocenters. The molecule has 1 heterocycles. The van der Waals surface area contributed by atoms with Crippen LogP contribution in [0.15, 0.2) is 48.7 Å². The molecule has 0 spiro atoms. The van der Waals surface area contributed by atoms with Gasteiger partial charge in [-0.15, -0.1) is 0 Å². The number of benzene rings is 1. The van der Waals surface area contributed by atoms with E-state index in [1.54, 1.807) is 30.5 Å². The molecule has 2 N–H and O–H groups in total. The van der Waals surface area contributed by atoms with E-state index in [0.29, 0.717) is 5.69 Å². The number of aromatic nitrogens is 1. The van der Waals surface area contributed by atoms with Gasteiger partial charge in [-0.25, -0.2) is 4.39 Å². The third-order valence-corrected chi connectivity index (χ3v) is 4.27. The van der Waals surface area contributed by atoms with E-state index in [2.05, 4.69) is 4.98 Å². The van der Waals surface area contributed by atoms with Gasteiger partial charge in [0, 0.05) is 17.3 Å². The van der Waals surface area contributed by atoms with Gasteiger partial charge in [0.05, 0.1) is 5.69 Å². The summed E-state index contributed by atoms with van der Waals surface area (Å²) in [6.45, 7) is 0.879. The Bertz CT molecular complexity index is 608. The second-order valence-electron chi connectivity index (χ2n) is 4.29. The molecular weight excluding hydrogens is 268 g/mol. The average molecular weight is 281 g/mol. The van der Waals surface area contributed by atoms with Crippen molar-refractivity contribution in [1.29, 1.82) is 0 Å². The fraction of sp³-hybridized carbons (Fsp3) is 0.154. The molecule has 0 saturated carbocycles. The lowest BCUT2D eigenvalue weighted by atomic mass is 10.1. The van der Waals surface area contributed by atoms with Crippen molar-refractivity contribution in [3.8, 4) is 11.3 Å². The first-order valence-corrected chi connectivity index (χ1v) is 7.20. The summed E-state index contributed by atoms with van der Waals surface area (Å²) in [6.07, 6.45) is 1.64. The van der Waals surface area contributed by atoms with Crippen LogP contribution < -0.4 is 0 Å². The molecule has 1 aromatic heterocycles. The van der Waals surface area contributed by atoms with Gasteiger partial charge in [0.2, 0.25) is 5.41 Å². The molecule has 19 heavy (non-hydrogen) atoms. The van der Waals surface area contributed by atoms with E-state index < -0.39 is 13.0 Å². The molecule has 1 aromatic carbocycles. The van der Waals surface area contributed by atoms with Crippen LogP contribution in [0.3, 0.4) is 0 Å². The van der Waals surface area contributed by atoms with Crippen molar-refractivity contribution in [1.82, 2.24) is 4.98 Å². The molecule has 0 aliphatic rings. The minimum absolute atomic E-state index is 0.0551. The van der Waals surface area contributed by atoms with Gasteiger partial charge in [-0.05, 0) is 19.1 Å². The first-order chi connectivity index (χ1) is 8.82. The zero-order valence-electron chi connectivity index (χ0n) is 10.2. The normalized spacial score (nSPS) is 14.9. The summed E-state index contributed by atoms with van der Waals surface area (Å²) < 4.78 is 25.2. The Kier molecular flexibility index (Phi) is 3.54. The summed E-state index contributed by atoms with van der Waals surface area (Å²) >= 11 is 0. The zero-order valence-corrected chi connectivity index (χ0v) is 11.1. The van der Waals surface area contributed by atoms with Gasteiger partial charge in [0.1, 0.15) is 0 Å². The highest BCUT2D eigenvalue weighted by atomic mass is 31.2. The fourth-order valence-corrected chi connectivity index (χ4v) is 2.13. The molecule has 0 amide bonds. The van der Waals surface area contributed by atoms with Crippen molar-refractivity contribution in [2.45, 2.75) is 12.3 Å². The van der Waals surface area contributed by atoms with Crippen LogP contribution in [0, 0.1) is 0 Å².